The van der Waals surface area contributed by atoms with E-state index < -0.39 is 10.0 Å². The van der Waals surface area contributed by atoms with E-state index in [1.54, 1.807) is 30.0 Å². The number of hydrogen-bond acceptors (Lipinski definition) is 5. The second-order valence-corrected chi connectivity index (χ2v) is 9.68. The van der Waals surface area contributed by atoms with Crippen molar-refractivity contribution in [1.82, 2.24) is 4.57 Å². The number of carbonyl (C=O) groups excluding carboxylic acids is 1. The van der Waals surface area contributed by atoms with Crippen LogP contribution in [0.15, 0.2) is 69.9 Å². The molecule has 6 nitrogen and oxygen atoms in total. The number of nitrogens with two attached hydrogens (primary N) is 1. The van der Waals surface area contributed by atoms with Crippen molar-refractivity contribution in [2.75, 3.05) is 5.75 Å². The van der Waals surface area contributed by atoms with Crippen molar-refractivity contribution in [1.29, 1.82) is 0 Å². The first-order chi connectivity index (χ1) is 13.3. The predicted octanol–water partition coefficient (Wildman–Crippen LogP) is 3.39. The summed E-state index contributed by atoms with van der Waals surface area (Å²) in [6.45, 7) is 6.21. The van der Waals surface area contributed by atoms with Crippen LogP contribution in [0.5, 0.6) is 0 Å². The van der Waals surface area contributed by atoms with Crippen LogP contribution < -0.4 is 9.94 Å². The summed E-state index contributed by atoms with van der Waals surface area (Å²) in [6.07, 6.45) is 1.70. The minimum atomic E-state index is -3.81. The van der Waals surface area contributed by atoms with Gasteiger partial charge in [0.15, 0.2) is 4.80 Å². The monoisotopic (exact) mass is 433 g/mol. The van der Waals surface area contributed by atoms with E-state index in [0.717, 1.165) is 16.2 Å². The van der Waals surface area contributed by atoms with Crippen LogP contribution in [0, 0.1) is 0 Å². The van der Waals surface area contributed by atoms with E-state index >= 15 is 0 Å². The van der Waals surface area contributed by atoms with E-state index in [-0.39, 0.29) is 10.8 Å². The highest BCUT2D eigenvalue weighted by atomic mass is 32.2. The number of rotatable bonds is 6. The summed E-state index contributed by atoms with van der Waals surface area (Å²) in [6, 6.07) is 12.0. The van der Waals surface area contributed by atoms with Gasteiger partial charge in [-0.3, -0.25) is 4.79 Å². The van der Waals surface area contributed by atoms with Gasteiger partial charge in [-0.2, -0.15) is 4.99 Å². The number of carbonyl (C=O) groups is 1. The molecule has 146 valence electrons. The molecule has 1 amide bonds. The molecule has 2 N–H and O–H groups in total. The molecule has 0 bridgehead atoms. The van der Waals surface area contributed by atoms with E-state index in [0.29, 0.717) is 21.6 Å². The van der Waals surface area contributed by atoms with Gasteiger partial charge in [0.2, 0.25) is 10.0 Å². The van der Waals surface area contributed by atoms with Gasteiger partial charge >= 0.3 is 0 Å². The Labute approximate surface area is 171 Å². The molecule has 3 aromatic rings. The molecule has 0 saturated carbocycles. The average Bonchev–Trinajstić information content (AvgIpc) is 2.98. The summed E-state index contributed by atoms with van der Waals surface area (Å²) in [5.74, 6) is 0.507. The second kappa shape index (κ2) is 8.44. The Hall–Kier alpha value is -2.20. The zero-order chi connectivity index (χ0) is 20.3. The fourth-order valence-electron chi connectivity index (χ4n) is 2.69. The van der Waals surface area contributed by atoms with Crippen molar-refractivity contribution >= 4 is 49.2 Å². The number of primary sulfonamides is 1. The summed E-state index contributed by atoms with van der Waals surface area (Å²) in [5.41, 5.74) is 1.31. The minimum Gasteiger partial charge on any atom is -0.312 e. The van der Waals surface area contributed by atoms with Gasteiger partial charge in [-0.1, -0.05) is 36.5 Å². The lowest BCUT2D eigenvalue weighted by Crippen LogP contribution is -2.16. The van der Waals surface area contributed by atoms with E-state index in [1.807, 2.05) is 29.7 Å². The van der Waals surface area contributed by atoms with Crippen molar-refractivity contribution in [3.05, 3.63) is 65.5 Å². The lowest BCUT2D eigenvalue weighted by molar-refractivity contribution is 0.0995. The first kappa shape index (κ1) is 20.5. The van der Waals surface area contributed by atoms with Crippen molar-refractivity contribution < 1.29 is 13.2 Å². The molecule has 3 rings (SSSR count). The van der Waals surface area contributed by atoms with Crippen LogP contribution in [0.2, 0.25) is 0 Å². The van der Waals surface area contributed by atoms with E-state index in [2.05, 4.69) is 11.6 Å². The zero-order valence-electron chi connectivity index (χ0n) is 15.2. The van der Waals surface area contributed by atoms with Crippen molar-refractivity contribution in [3.63, 3.8) is 0 Å². The third-order valence-electron chi connectivity index (χ3n) is 3.91. The van der Waals surface area contributed by atoms with Gasteiger partial charge < -0.3 is 4.57 Å². The normalized spacial score (nSPS) is 12.4. The Morgan fingerprint density at radius 1 is 1.32 bits per heavy atom. The summed E-state index contributed by atoms with van der Waals surface area (Å²) < 4.78 is 25.8. The number of fused-ring (bicyclic) bond motifs is 1. The van der Waals surface area contributed by atoms with E-state index in [4.69, 9.17) is 5.14 Å². The summed E-state index contributed by atoms with van der Waals surface area (Å²) in [5, 5.41) is 5.23. The Kier molecular flexibility index (Phi) is 6.19. The number of thiazole rings is 1. The maximum absolute atomic E-state index is 12.8. The van der Waals surface area contributed by atoms with Crippen LogP contribution >= 0.6 is 23.1 Å². The number of nitrogens with zero attached hydrogens (tertiary/aromatic N) is 2. The third kappa shape index (κ3) is 4.27. The number of amides is 1. The average molecular weight is 434 g/mol. The molecule has 2 aromatic carbocycles. The van der Waals surface area contributed by atoms with Crippen LogP contribution in [-0.4, -0.2) is 24.6 Å². The standard InChI is InChI=1S/C19H19N3O3S3/c1-3-11-22-15-10-9-13(28(20,24)25)12-17(15)27-19(22)21-18(23)14-7-5-6-8-16(14)26-4-2/h3,5-10,12H,1,4,11H2,2H3,(H2,20,24,25). The maximum atomic E-state index is 12.8. The highest BCUT2D eigenvalue weighted by Crippen LogP contribution is 2.24. The molecule has 28 heavy (non-hydrogen) atoms. The summed E-state index contributed by atoms with van der Waals surface area (Å²) in [4.78, 5) is 18.5. The van der Waals surface area contributed by atoms with Crippen LogP contribution in [0.3, 0.4) is 0 Å². The topological polar surface area (TPSA) is 94.5 Å². The molecule has 0 aliphatic carbocycles. The largest absolute Gasteiger partial charge is 0.312 e. The lowest BCUT2D eigenvalue weighted by Gasteiger charge is -2.04. The number of aromatic nitrogens is 1. The zero-order valence-corrected chi connectivity index (χ0v) is 17.6. The first-order valence-electron chi connectivity index (χ1n) is 8.43. The van der Waals surface area contributed by atoms with Gasteiger partial charge in [0, 0.05) is 11.4 Å². The van der Waals surface area contributed by atoms with Crippen molar-refractivity contribution in [3.8, 4) is 0 Å². The van der Waals surface area contributed by atoms with Crippen LogP contribution in [-0.2, 0) is 16.6 Å². The number of benzene rings is 2. The molecule has 9 heteroatoms. The highest BCUT2D eigenvalue weighted by Gasteiger charge is 2.14. The van der Waals surface area contributed by atoms with Gasteiger partial charge in [-0.25, -0.2) is 13.6 Å². The molecular formula is C19H19N3O3S3. The molecule has 0 aliphatic heterocycles. The van der Waals surface area contributed by atoms with Crippen LogP contribution in [0.25, 0.3) is 10.2 Å². The minimum absolute atomic E-state index is 0.0228. The summed E-state index contributed by atoms with van der Waals surface area (Å²) in [7, 11) is -3.81. The van der Waals surface area contributed by atoms with E-state index in [9.17, 15) is 13.2 Å². The summed E-state index contributed by atoms with van der Waals surface area (Å²) >= 11 is 2.82. The van der Waals surface area contributed by atoms with Crippen LogP contribution in [0.1, 0.15) is 17.3 Å². The van der Waals surface area contributed by atoms with Gasteiger partial charge in [0.05, 0.1) is 20.7 Å². The molecule has 1 aromatic heterocycles. The Balaban J connectivity index is 2.17. The third-order valence-corrected chi connectivity index (χ3v) is 6.82. The Bertz CT molecular complexity index is 1220. The van der Waals surface area contributed by atoms with Gasteiger partial charge in [-0.05, 0) is 36.1 Å². The predicted molar refractivity (Wildman–Crippen MR) is 114 cm³/mol. The smallest absolute Gasteiger partial charge is 0.280 e. The fourth-order valence-corrected chi connectivity index (χ4v) is 5.18. The molecular weight excluding hydrogens is 414 g/mol. The Morgan fingerprint density at radius 3 is 2.75 bits per heavy atom. The molecule has 0 unspecified atom stereocenters. The fraction of sp³-hybridized carbons (Fsp3) is 0.158. The SMILES string of the molecule is C=CCn1c(=NC(=O)c2ccccc2SCC)sc2cc(S(N)(=O)=O)ccc21. The van der Waals surface area contributed by atoms with Gasteiger partial charge in [0.25, 0.3) is 5.91 Å². The van der Waals surface area contributed by atoms with Gasteiger partial charge in [-0.15, -0.1) is 18.3 Å². The number of allylic oxidation sites excluding steroid dienone is 1. The quantitative estimate of drug-likeness (QED) is 0.476. The van der Waals surface area contributed by atoms with Crippen molar-refractivity contribution in [2.24, 2.45) is 10.1 Å². The number of sulfonamides is 1. The second-order valence-electron chi connectivity index (χ2n) is 5.80. The first-order valence-corrected chi connectivity index (χ1v) is 11.8. The van der Waals surface area contributed by atoms with Crippen molar-refractivity contribution in [2.45, 2.75) is 23.3 Å². The highest BCUT2D eigenvalue weighted by molar-refractivity contribution is 7.99. The lowest BCUT2D eigenvalue weighted by atomic mass is 10.2. The number of thioether (sulfide) groups is 1. The molecule has 0 atom stereocenters. The Morgan fingerprint density at radius 2 is 2.07 bits per heavy atom. The number of hydrogen-bond donors (Lipinski definition) is 1. The molecule has 0 saturated heterocycles. The van der Waals surface area contributed by atoms with Crippen LogP contribution in [0.4, 0.5) is 0 Å². The molecule has 0 fully saturated rings. The maximum Gasteiger partial charge on any atom is 0.280 e. The molecule has 0 aliphatic rings. The molecule has 0 spiro atoms. The molecule has 1 heterocycles. The van der Waals surface area contributed by atoms with E-state index in [1.165, 1.54) is 23.5 Å². The molecule has 0 radical (unpaired) electrons. The van der Waals surface area contributed by atoms with Gasteiger partial charge in [0.1, 0.15) is 0 Å².